The lowest BCUT2D eigenvalue weighted by Crippen LogP contribution is -2.28. The number of allylic oxidation sites excluding steroid dienone is 20. The van der Waals surface area contributed by atoms with Gasteiger partial charge in [0.2, 0.25) is 0 Å². The van der Waals surface area contributed by atoms with E-state index >= 15 is 0 Å². The standard InChI is InChI=1S/C40H56O2/c1-29(17-13-19-31(3)21-23-37-33(5)25-35(41)27-39(37,7)8)15-11-12-16-30(2)18-14-20-32(4)22-24-38-34(6)26-36(42)28-40(38,9)10/h11-24,35-36,41-42H,25-28H2,1-10H3/b12-11+,17-13-,18-14+,23-21+,24-22+,29-15-,30-16-,31-19-,32-20-/t35-,36-/m1/s1. The van der Waals surface area contributed by atoms with E-state index in [1.54, 1.807) is 0 Å². The minimum atomic E-state index is -0.227. The lowest BCUT2D eigenvalue weighted by molar-refractivity contribution is 0.116. The fourth-order valence-electron chi connectivity index (χ4n) is 6.13. The summed E-state index contributed by atoms with van der Waals surface area (Å²) in [6, 6.07) is 0. The smallest absolute Gasteiger partial charge is 0.0585 e. The molecule has 0 aromatic carbocycles. The zero-order chi connectivity index (χ0) is 31.5. The second-order valence-electron chi connectivity index (χ2n) is 13.7. The molecule has 0 aromatic heterocycles. The van der Waals surface area contributed by atoms with Crippen molar-refractivity contribution in [1.29, 1.82) is 0 Å². The zero-order valence-electron chi connectivity index (χ0n) is 28.0. The van der Waals surface area contributed by atoms with Crippen LogP contribution in [0, 0.1) is 10.8 Å². The van der Waals surface area contributed by atoms with Gasteiger partial charge in [0, 0.05) is 0 Å². The maximum absolute atomic E-state index is 10.1. The summed E-state index contributed by atoms with van der Waals surface area (Å²) in [5.74, 6) is 0. The van der Waals surface area contributed by atoms with Crippen LogP contribution < -0.4 is 0 Å². The first-order valence-electron chi connectivity index (χ1n) is 15.5. The molecule has 0 saturated carbocycles. The maximum Gasteiger partial charge on any atom is 0.0585 e. The van der Waals surface area contributed by atoms with Crippen molar-refractivity contribution in [3.8, 4) is 0 Å². The predicted molar refractivity (Wildman–Crippen MR) is 184 cm³/mol. The highest BCUT2D eigenvalue weighted by Gasteiger charge is 2.32. The third-order valence-electron chi connectivity index (χ3n) is 8.24. The molecule has 2 nitrogen and oxygen atoms in total. The highest BCUT2D eigenvalue weighted by atomic mass is 16.3. The summed E-state index contributed by atoms with van der Waals surface area (Å²) in [5.41, 5.74) is 10.1. The average molecular weight is 569 g/mol. The first-order chi connectivity index (χ1) is 19.6. The number of aliphatic hydroxyl groups is 2. The van der Waals surface area contributed by atoms with Crippen LogP contribution in [-0.2, 0) is 0 Å². The molecule has 0 bridgehead atoms. The van der Waals surface area contributed by atoms with Crippen LogP contribution in [0.1, 0.15) is 94.9 Å². The average Bonchev–Trinajstić information content (AvgIpc) is 2.84. The van der Waals surface area contributed by atoms with Gasteiger partial charge < -0.3 is 10.2 Å². The molecule has 2 heteroatoms. The van der Waals surface area contributed by atoms with Gasteiger partial charge in [0.25, 0.3) is 0 Å². The van der Waals surface area contributed by atoms with E-state index in [1.165, 1.54) is 44.6 Å². The summed E-state index contributed by atoms with van der Waals surface area (Å²) in [4.78, 5) is 0. The van der Waals surface area contributed by atoms with Gasteiger partial charge >= 0.3 is 0 Å². The largest absolute Gasteiger partial charge is 0.393 e. The van der Waals surface area contributed by atoms with Crippen LogP contribution in [0.5, 0.6) is 0 Å². The molecule has 228 valence electrons. The van der Waals surface area contributed by atoms with Crippen molar-refractivity contribution in [2.45, 2.75) is 107 Å². The second-order valence-corrected chi connectivity index (χ2v) is 13.7. The Bertz CT molecular complexity index is 1190. The molecule has 0 saturated heterocycles. The van der Waals surface area contributed by atoms with E-state index in [9.17, 15) is 10.2 Å². The van der Waals surface area contributed by atoms with Crippen LogP contribution in [0.25, 0.3) is 0 Å². The van der Waals surface area contributed by atoms with Gasteiger partial charge in [-0.2, -0.15) is 0 Å². The van der Waals surface area contributed by atoms with Gasteiger partial charge in [-0.25, -0.2) is 0 Å². The molecule has 0 spiro atoms. The summed E-state index contributed by atoms with van der Waals surface area (Å²) in [7, 11) is 0. The van der Waals surface area contributed by atoms with Gasteiger partial charge in [-0.15, -0.1) is 0 Å². The van der Waals surface area contributed by atoms with E-state index in [0.29, 0.717) is 0 Å². The summed E-state index contributed by atoms with van der Waals surface area (Å²) < 4.78 is 0. The van der Waals surface area contributed by atoms with Crippen LogP contribution in [-0.4, -0.2) is 22.4 Å². The Morgan fingerprint density at radius 1 is 0.548 bits per heavy atom. The molecule has 2 N–H and O–H groups in total. The quantitative estimate of drug-likeness (QED) is 0.257. The Kier molecular flexibility index (Phi) is 13.5. The number of rotatable bonds is 10. The number of hydrogen-bond donors (Lipinski definition) is 2. The van der Waals surface area contributed by atoms with Crippen LogP contribution in [0.4, 0.5) is 0 Å². The van der Waals surface area contributed by atoms with E-state index < -0.39 is 0 Å². The van der Waals surface area contributed by atoms with E-state index in [1.807, 2.05) is 0 Å². The molecule has 0 fully saturated rings. The van der Waals surface area contributed by atoms with Crippen molar-refractivity contribution >= 4 is 0 Å². The van der Waals surface area contributed by atoms with Crippen molar-refractivity contribution in [1.82, 2.24) is 0 Å². The minimum Gasteiger partial charge on any atom is -0.393 e. The van der Waals surface area contributed by atoms with E-state index in [0.717, 1.165) is 25.7 Å². The van der Waals surface area contributed by atoms with Crippen LogP contribution in [0.2, 0.25) is 0 Å². The molecule has 0 aliphatic heterocycles. The normalized spacial score (nSPS) is 25.0. The zero-order valence-corrected chi connectivity index (χ0v) is 28.0. The first kappa shape index (κ1) is 35.3. The monoisotopic (exact) mass is 568 g/mol. The van der Waals surface area contributed by atoms with Crippen molar-refractivity contribution in [2.24, 2.45) is 10.8 Å². The fraction of sp³-hybridized carbons (Fsp3) is 0.450. The fourth-order valence-corrected chi connectivity index (χ4v) is 6.13. The molecule has 0 unspecified atom stereocenters. The Hall–Kier alpha value is -2.94. The molecular weight excluding hydrogens is 512 g/mol. The molecule has 42 heavy (non-hydrogen) atoms. The molecular formula is C40H56O2. The van der Waals surface area contributed by atoms with Crippen LogP contribution in [0.3, 0.4) is 0 Å². The van der Waals surface area contributed by atoms with Crippen molar-refractivity contribution < 1.29 is 10.2 Å². The van der Waals surface area contributed by atoms with Crippen molar-refractivity contribution in [3.05, 3.63) is 130 Å². The third-order valence-corrected chi connectivity index (χ3v) is 8.24. The molecule has 2 aliphatic carbocycles. The molecule has 2 atom stereocenters. The third kappa shape index (κ3) is 11.7. The molecule has 2 aliphatic rings. The van der Waals surface area contributed by atoms with Crippen molar-refractivity contribution in [3.63, 3.8) is 0 Å². The van der Waals surface area contributed by atoms with Gasteiger partial charge in [-0.05, 0) is 89.2 Å². The highest BCUT2D eigenvalue weighted by molar-refractivity contribution is 5.39. The van der Waals surface area contributed by atoms with Gasteiger partial charge in [-0.1, -0.05) is 146 Å². The van der Waals surface area contributed by atoms with Gasteiger partial charge in [0.15, 0.2) is 0 Å². The highest BCUT2D eigenvalue weighted by Crippen LogP contribution is 2.42. The lowest BCUT2D eigenvalue weighted by Gasteiger charge is -2.35. The molecule has 0 heterocycles. The Balaban J connectivity index is 1.90. The topological polar surface area (TPSA) is 40.5 Å². The SMILES string of the molecule is CC1=C(/C=C/C(C)=C\C=C/C(C)=C\C=C\C=C(C)/C=C/C=C(C)\C=C\C2=C(C)C[C@@H](O)CC2(C)C)C(C)(C)C[C@H](O)C1. The lowest BCUT2D eigenvalue weighted by atomic mass is 9.71. The van der Waals surface area contributed by atoms with Crippen molar-refractivity contribution in [2.75, 3.05) is 0 Å². The number of hydrogen-bond acceptors (Lipinski definition) is 2. The minimum absolute atomic E-state index is 0.00547. The molecule has 0 aromatic rings. The summed E-state index contributed by atoms with van der Waals surface area (Å²) in [6.45, 7) is 21.6. The molecule has 2 rings (SSSR count). The molecule has 0 radical (unpaired) electrons. The van der Waals surface area contributed by atoms with Gasteiger partial charge in [0.05, 0.1) is 12.2 Å². The van der Waals surface area contributed by atoms with Gasteiger partial charge in [-0.3, -0.25) is 0 Å². The predicted octanol–water partition coefficient (Wildman–Crippen LogP) is 10.5. The Morgan fingerprint density at radius 2 is 0.857 bits per heavy atom. The van der Waals surface area contributed by atoms with E-state index in [4.69, 9.17) is 0 Å². The second kappa shape index (κ2) is 16.1. The summed E-state index contributed by atoms with van der Waals surface area (Å²) >= 11 is 0. The van der Waals surface area contributed by atoms with Crippen LogP contribution in [0.15, 0.2) is 130 Å². The van der Waals surface area contributed by atoms with E-state index in [-0.39, 0.29) is 23.0 Å². The maximum atomic E-state index is 10.1. The van der Waals surface area contributed by atoms with Gasteiger partial charge in [0.1, 0.15) is 0 Å². The Morgan fingerprint density at radius 3 is 1.19 bits per heavy atom. The first-order valence-corrected chi connectivity index (χ1v) is 15.5. The number of aliphatic hydroxyl groups excluding tert-OH is 2. The van der Waals surface area contributed by atoms with Crippen LogP contribution >= 0.6 is 0 Å². The Labute approximate surface area is 257 Å². The summed E-state index contributed by atoms with van der Waals surface area (Å²) in [6.07, 6.45) is 32.6. The molecule has 0 amide bonds. The summed E-state index contributed by atoms with van der Waals surface area (Å²) in [5, 5.41) is 20.2. The van der Waals surface area contributed by atoms with E-state index in [2.05, 4.69) is 154 Å².